The molecule has 200 valence electrons. The third kappa shape index (κ3) is 4.93. The number of hydrogen-bond acceptors (Lipinski definition) is 9. The van der Waals surface area contributed by atoms with Crippen LogP contribution in [0.3, 0.4) is 0 Å². The van der Waals surface area contributed by atoms with Gasteiger partial charge in [-0.2, -0.15) is 0 Å². The third-order valence-electron chi connectivity index (χ3n) is 8.80. The van der Waals surface area contributed by atoms with Gasteiger partial charge < -0.3 is 15.1 Å². The standard InChI is InChI=1S/C27H39N7O2S/c1-17-14-29-18(15-28-17)16-30-26(36)23-24(35)19-8-9-22(33-11-5-10-32(2)12-13-33)31-25(19)34-20-6-3-4-7-21(20)37-27(23)34/h14-15,19-22,25,31H,3-13,16H2,1-2H3,(H,30,36). The number of amides is 1. The van der Waals surface area contributed by atoms with Crippen molar-refractivity contribution in [3.8, 4) is 0 Å². The summed E-state index contributed by atoms with van der Waals surface area (Å²) >= 11 is 1.77. The molecule has 0 radical (unpaired) electrons. The lowest BCUT2D eigenvalue weighted by Gasteiger charge is -2.50. The van der Waals surface area contributed by atoms with Gasteiger partial charge in [-0.15, -0.1) is 11.8 Å². The van der Waals surface area contributed by atoms with E-state index >= 15 is 0 Å². The molecule has 1 aliphatic carbocycles. The zero-order valence-electron chi connectivity index (χ0n) is 22.0. The Labute approximate surface area is 223 Å². The lowest BCUT2D eigenvalue weighted by atomic mass is 9.81. The average Bonchev–Trinajstić information content (AvgIpc) is 3.15. The quantitative estimate of drug-likeness (QED) is 0.571. The maximum atomic E-state index is 13.9. The summed E-state index contributed by atoms with van der Waals surface area (Å²) in [5, 5.41) is 8.28. The Morgan fingerprint density at radius 3 is 2.78 bits per heavy atom. The highest BCUT2D eigenvalue weighted by Gasteiger charge is 2.54. The van der Waals surface area contributed by atoms with Crippen molar-refractivity contribution in [2.75, 3.05) is 33.2 Å². The number of nitrogens with zero attached hydrogens (tertiary/aromatic N) is 5. The van der Waals surface area contributed by atoms with Crippen molar-refractivity contribution in [2.24, 2.45) is 5.92 Å². The van der Waals surface area contributed by atoms with Gasteiger partial charge in [-0.1, -0.05) is 12.8 Å². The van der Waals surface area contributed by atoms with Crippen molar-refractivity contribution < 1.29 is 9.59 Å². The molecular weight excluding hydrogens is 486 g/mol. The summed E-state index contributed by atoms with van der Waals surface area (Å²) in [7, 11) is 2.20. The van der Waals surface area contributed by atoms with Crippen LogP contribution in [0.15, 0.2) is 23.0 Å². The van der Waals surface area contributed by atoms with Crippen molar-refractivity contribution >= 4 is 23.5 Å². The minimum atomic E-state index is -0.269. The predicted molar refractivity (Wildman–Crippen MR) is 143 cm³/mol. The Bertz CT molecular complexity index is 1060. The monoisotopic (exact) mass is 525 g/mol. The van der Waals surface area contributed by atoms with E-state index in [1.54, 1.807) is 24.2 Å². The number of thioether (sulfide) groups is 1. The maximum absolute atomic E-state index is 13.9. The Balaban J connectivity index is 1.26. The molecule has 2 N–H and O–H groups in total. The fraction of sp³-hybridized carbons (Fsp3) is 0.704. The van der Waals surface area contributed by atoms with Gasteiger partial charge in [-0.3, -0.25) is 29.8 Å². The number of carbonyl (C=O) groups excluding carboxylic acids is 2. The first-order valence-corrected chi connectivity index (χ1v) is 14.9. The van der Waals surface area contributed by atoms with Crippen molar-refractivity contribution in [1.29, 1.82) is 0 Å². The van der Waals surface area contributed by atoms with Crippen LogP contribution < -0.4 is 10.6 Å². The highest BCUT2D eigenvalue weighted by molar-refractivity contribution is 8.04. The van der Waals surface area contributed by atoms with Crippen LogP contribution in [0, 0.1) is 12.8 Å². The molecule has 0 spiro atoms. The molecule has 1 saturated carbocycles. The molecular formula is C27H39N7O2S. The fourth-order valence-electron chi connectivity index (χ4n) is 6.78. The van der Waals surface area contributed by atoms with Gasteiger partial charge in [0, 0.05) is 37.1 Å². The number of ketones is 1. The molecule has 4 aliphatic heterocycles. The minimum absolute atomic E-state index is 0.0106. The summed E-state index contributed by atoms with van der Waals surface area (Å²) in [6.07, 6.45) is 11.3. The summed E-state index contributed by atoms with van der Waals surface area (Å²) < 4.78 is 0. The van der Waals surface area contributed by atoms with Gasteiger partial charge in [-0.25, -0.2) is 0 Å². The molecule has 3 saturated heterocycles. The third-order valence-corrected chi connectivity index (χ3v) is 10.3. The van der Waals surface area contributed by atoms with Crippen molar-refractivity contribution in [3.05, 3.63) is 34.4 Å². The highest BCUT2D eigenvalue weighted by Crippen LogP contribution is 2.52. The van der Waals surface area contributed by atoms with Gasteiger partial charge in [0.05, 0.1) is 47.4 Å². The fourth-order valence-corrected chi connectivity index (χ4v) is 8.46. The second kappa shape index (κ2) is 10.6. The van der Waals surface area contributed by atoms with Gasteiger partial charge in [0.15, 0.2) is 5.78 Å². The number of aromatic nitrogens is 2. The molecule has 5 heterocycles. The second-order valence-electron chi connectivity index (χ2n) is 11.3. The maximum Gasteiger partial charge on any atom is 0.257 e. The van der Waals surface area contributed by atoms with Crippen LogP contribution in [0.25, 0.3) is 0 Å². The van der Waals surface area contributed by atoms with Gasteiger partial charge in [-0.05, 0) is 52.6 Å². The number of likely N-dealkylation sites (N-methyl/N-ethyl adjacent to an activating group) is 1. The van der Waals surface area contributed by atoms with Gasteiger partial charge in [0.2, 0.25) is 0 Å². The van der Waals surface area contributed by atoms with Crippen LogP contribution in [0.1, 0.15) is 56.3 Å². The van der Waals surface area contributed by atoms with Crippen LogP contribution >= 0.6 is 11.8 Å². The summed E-state index contributed by atoms with van der Waals surface area (Å²) in [5.74, 6) is -0.443. The molecule has 0 bridgehead atoms. The second-order valence-corrected chi connectivity index (χ2v) is 12.5. The number of hydrogen-bond donors (Lipinski definition) is 2. The van der Waals surface area contributed by atoms with Gasteiger partial charge >= 0.3 is 0 Å². The zero-order valence-corrected chi connectivity index (χ0v) is 22.8. The van der Waals surface area contributed by atoms with E-state index < -0.39 is 0 Å². The number of aryl methyl sites for hydroxylation is 1. The van der Waals surface area contributed by atoms with E-state index in [-0.39, 0.29) is 36.5 Å². The van der Waals surface area contributed by atoms with Crippen LogP contribution in [-0.2, 0) is 16.1 Å². The van der Waals surface area contributed by atoms with E-state index in [0.29, 0.717) is 22.6 Å². The van der Waals surface area contributed by atoms with Gasteiger partial charge in [0.1, 0.15) is 5.57 Å². The first-order chi connectivity index (χ1) is 18.0. The molecule has 1 aromatic rings. The smallest absolute Gasteiger partial charge is 0.257 e. The van der Waals surface area contributed by atoms with Crippen LogP contribution in [0.2, 0.25) is 0 Å². The molecule has 4 fully saturated rings. The van der Waals surface area contributed by atoms with Crippen LogP contribution in [0.4, 0.5) is 0 Å². The molecule has 10 heteroatoms. The lowest BCUT2D eigenvalue weighted by molar-refractivity contribution is -0.130. The van der Waals surface area contributed by atoms with E-state index in [1.807, 2.05) is 6.92 Å². The summed E-state index contributed by atoms with van der Waals surface area (Å²) in [4.78, 5) is 43.6. The Morgan fingerprint density at radius 1 is 1.08 bits per heavy atom. The Kier molecular flexibility index (Phi) is 7.26. The molecule has 5 unspecified atom stereocenters. The molecule has 6 rings (SSSR count). The van der Waals surface area contributed by atoms with E-state index in [9.17, 15) is 9.59 Å². The van der Waals surface area contributed by atoms with E-state index in [0.717, 1.165) is 62.6 Å². The molecule has 1 amide bonds. The predicted octanol–water partition coefficient (Wildman–Crippen LogP) is 1.84. The van der Waals surface area contributed by atoms with Crippen molar-refractivity contribution in [3.63, 3.8) is 0 Å². The van der Waals surface area contributed by atoms with Crippen LogP contribution in [-0.4, -0.2) is 93.2 Å². The van der Waals surface area contributed by atoms with E-state index in [1.165, 1.54) is 19.3 Å². The van der Waals surface area contributed by atoms with Gasteiger partial charge in [0.25, 0.3) is 5.91 Å². The first kappa shape index (κ1) is 25.3. The number of piperidine rings is 1. The Hall–Kier alpha value is -2.01. The van der Waals surface area contributed by atoms with Crippen molar-refractivity contribution in [2.45, 2.75) is 82.0 Å². The number of nitrogens with one attached hydrogen (secondary N) is 2. The highest BCUT2D eigenvalue weighted by atomic mass is 32.2. The molecule has 9 nitrogen and oxygen atoms in total. The number of rotatable bonds is 4. The summed E-state index contributed by atoms with van der Waals surface area (Å²) in [6.45, 7) is 6.52. The van der Waals surface area contributed by atoms with E-state index in [2.05, 4.69) is 42.3 Å². The van der Waals surface area contributed by atoms with E-state index in [4.69, 9.17) is 0 Å². The zero-order chi connectivity index (χ0) is 25.5. The summed E-state index contributed by atoms with van der Waals surface area (Å²) in [5.41, 5.74) is 1.90. The minimum Gasteiger partial charge on any atom is -0.346 e. The first-order valence-electron chi connectivity index (χ1n) is 14.0. The number of carbonyl (C=O) groups is 2. The normalized spacial score (nSPS) is 33.0. The number of Topliss-reactive ketones (excluding diaryl/α,β-unsaturated/α-hetero) is 1. The van der Waals surface area contributed by atoms with Crippen molar-refractivity contribution in [1.82, 2.24) is 35.3 Å². The Morgan fingerprint density at radius 2 is 1.95 bits per heavy atom. The molecule has 5 aliphatic rings. The SMILES string of the molecule is Cc1cnc(CNC(=O)C2=C3SC4CCCCC4N3C3NC(N4CCCN(C)CC4)CCC3C2=O)cn1. The lowest BCUT2D eigenvalue weighted by Crippen LogP contribution is -2.66. The summed E-state index contributed by atoms with van der Waals surface area (Å²) in [6, 6.07) is 0.390. The molecule has 1 aromatic heterocycles. The topological polar surface area (TPSA) is 93.7 Å². The molecule has 37 heavy (non-hydrogen) atoms. The molecule has 5 atom stereocenters. The largest absolute Gasteiger partial charge is 0.346 e. The number of fused-ring (bicyclic) bond motifs is 5. The average molecular weight is 526 g/mol. The van der Waals surface area contributed by atoms with Crippen LogP contribution in [0.5, 0.6) is 0 Å². The molecule has 0 aromatic carbocycles.